The third-order valence-corrected chi connectivity index (χ3v) is 3.30. The maximum atomic E-state index is 11.8. The van der Waals surface area contributed by atoms with Crippen LogP contribution in [-0.2, 0) is 4.74 Å². The van der Waals surface area contributed by atoms with Gasteiger partial charge in [-0.2, -0.15) is 0 Å². The molecule has 1 heterocycles. The van der Waals surface area contributed by atoms with Crippen LogP contribution in [0.1, 0.15) is 17.4 Å². The molecule has 0 atom stereocenters. The molecule has 21 heavy (non-hydrogen) atoms. The van der Waals surface area contributed by atoms with Gasteiger partial charge < -0.3 is 10.5 Å². The van der Waals surface area contributed by atoms with E-state index in [1.807, 2.05) is 42.5 Å². The van der Waals surface area contributed by atoms with Gasteiger partial charge in [0.05, 0.1) is 12.3 Å². The Morgan fingerprint density at radius 3 is 2.81 bits per heavy atom. The molecule has 3 rings (SSSR count). The van der Waals surface area contributed by atoms with Crippen molar-refractivity contribution in [2.24, 2.45) is 0 Å². The SMILES string of the molecule is CCOC(=O)c1ncn(-c2cccc3ccccc23)c1N. The summed E-state index contributed by atoms with van der Waals surface area (Å²) < 4.78 is 6.65. The summed E-state index contributed by atoms with van der Waals surface area (Å²) in [5, 5.41) is 2.14. The predicted molar refractivity (Wildman–Crippen MR) is 81.4 cm³/mol. The van der Waals surface area contributed by atoms with Crippen LogP contribution in [0.25, 0.3) is 16.5 Å². The number of hydrogen-bond acceptors (Lipinski definition) is 4. The van der Waals surface area contributed by atoms with Gasteiger partial charge in [-0.1, -0.05) is 36.4 Å². The van der Waals surface area contributed by atoms with E-state index in [0.717, 1.165) is 16.5 Å². The monoisotopic (exact) mass is 281 g/mol. The van der Waals surface area contributed by atoms with Gasteiger partial charge in [0.15, 0.2) is 5.69 Å². The van der Waals surface area contributed by atoms with Gasteiger partial charge in [0.25, 0.3) is 0 Å². The summed E-state index contributed by atoms with van der Waals surface area (Å²) in [4.78, 5) is 15.9. The van der Waals surface area contributed by atoms with Crippen molar-refractivity contribution in [1.82, 2.24) is 9.55 Å². The molecule has 5 nitrogen and oxygen atoms in total. The molecule has 0 unspecified atom stereocenters. The predicted octanol–water partition coefficient (Wildman–Crippen LogP) is 2.78. The normalized spacial score (nSPS) is 10.7. The van der Waals surface area contributed by atoms with E-state index < -0.39 is 5.97 Å². The first-order valence-corrected chi connectivity index (χ1v) is 6.70. The molecule has 0 bridgehead atoms. The summed E-state index contributed by atoms with van der Waals surface area (Å²) in [6, 6.07) is 13.9. The summed E-state index contributed by atoms with van der Waals surface area (Å²) in [5.74, 6) is -0.223. The molecule has 0 radical (unpaired) electrons. The van der Waals surface area contributed by atoms with Gasteiger partial charge in [-0.15, -0.1) is 0 Å². The topological polar surface area (TPSA) is 70.1 Å². The van der Waals surface area contributed by atoms with Gasteiger partial charge in [-0.05, 0) is 18.4 Å². The lowest BCUT2D eigenvalue weighted by Gasteiger charge is -2.09. The highest BCUT2D eigenvalue weighted by atomic mass is 16.5. The van der Waals surface area contributed by atoms with Crippen LogP contribution in [0.3, 0.4) is 0 Å². The summed E-state index contributed by atoms with van der Waals surface area (Å²) in [5.41, 5.74) is 7.08. The fourth-order valence-corrected chi connectivity index (χ4v) is 2.32. The van der Waals surface area contributed by atoms with Crippen LogP contribution in [0.15, 0.2) is 48.8 Å². The van der Waals surface area contributed by atoms with Crippen LogP contribution in [0, 0.1) is 0 Å². The number of anilines is 1. The Kier molecular flexibility index (Phi) is 3.31. The molecule has 0 saturated heterocycles. The van der Waals surface area contributed by atoms with Gasteiger partial charge >= 0.3 is 5.97 Å². The minimum Gasteiger partial charge on any atom is -0.461 e. The largest absolute Gasteiger partial charge is 0.461 e. The van der Waals surface area contributed by atoms with Gasteiger partial charge in [0.2, 0.25) is 0 Å². The van der Waals surface area contributed by atoms with Crippen LogP contribution in [0.4, 0.5) is 5.82 Å². The minimum absolute atomic E-state index is 0.143. The summed E-state index contributed by atoms with van der Waals surface area (Å²) >= 11 is 0. The van der Waals surface area contributed by atoms with E-state index >= 15 is 0 Å². The van der Waals surface area contributed by atoms with Gasteiger partial charge in [0.1, 0.15) is 12.1 Å². The molecule has 0 aliphatic heterocycles. The summed E-state index contributed by atoms with van der Waals surface area (Å²) in [7, 11) is 0. The first-order chi connectivity index (χ1) is 10.2. The standard InChI is InChI=1S/C16H15N3O2/c1-2-21-16(20)14-15(17)19(10-18-14)13-9-5-7-11-6-3-4-8-12(11)13/h3-10H,2,17H2,1H3. The van der Waals surface area contributed by atoms with Crippen LogP contribution >= 0.6 is 0 Å². The summed E-state index contributed by atoms with van der Waals surface area (Å²) in [6.45, 7) is 2.04. The Bertz CT molecular complexity index is 803. The lowest BCUT2D eigenvalue weighted by Crippen LogP contribution is -2.09. The fourth-order valence-electron chi connectivity index (χ4n) is 2.32. The van der Waals surface area contributed by atoms with Crippen LogP contribution < -0.4 is 5.73 Å². The van der Waals surface area contributed by atoms with Crippen molar-refractivity contribution in [3.8, 4) is 5.69 Å². The van der Waals surface area contributed by atoms with E-state index in [2.05, 4.69) is 4.98 Å². The van der Waals surface area contributed by atoms with Crippen LogP contribution in [0.2, 0.25) is 0 Å². The number of hydrogen-bond donors (Lipinski definition) is 1. The highest BCUT2D eigenvalue weighted by Crippen LogP contribution is 2.25. The molecule has 0 aliphatic rings. The summed E-state index contributed by atoms with van der Waals surface area (Å²) in [6.07, 6.45) is 1.54. The molecule has 1 aromatic heterocycles. The number of nitrogens with zero attached hydrogens (tertiary/aromatic N) is 2. The van der Waals surface area contributed by atoms with Crippen LogP contribution in [-0.4, -0.2) is 22.1 Å². The maximum Gasteiger partial charge on any atom is 0.360 e. The minimum atomic E-state index is -0.506. The van der Waals surface area contributed by atoms with E-state index in [4.69, 9.17) is 10.5 Å². The molecule has 3 aromatic rings. The van der Waals surface area contributed by atoms with E-state index in [0.29, 0.717) is 6.61 Å². The number of imidazole rings is 1. The number of ether oxygens (including phenoxy) is 1. The van der Waals surface area contributed by atoms with E-state index in [9.17, 15) is 4.79 Å². The van der Waals surface area contributed by atoms with Gasteiger partial charge in [-0.3, -0.25) is 4.57 Å². The van der Waals surface area contributed by atoms with Crippen molar-refractivity contribution in [3.63, 3.8) is 0 Å². The lowest BCUT2D eigenvalue weighted by atomic mass is 10.1. The Balaban J connectivity index is 2.14. The average Bonchev–Trinajstić information content (AvgIpc) is 2.88. The molecule has 106 valence electrons. The van der Waals surface area contributed by atoms with Crippen LogP contribution in [0.5, 0.6) is 0 Å². The molecular weight excluding hydrogens is 266 g/mol. The van der Waals surface area contributed by atoms with E-state index in [1.165, 1.54) is 0 Å². The van der Waals surface area contributed by atoms with Crippen molar-refractivity contribution < 1.29 is 9.53 Å². The van der Waals surface area contributed by atoms with Crippen molar-refractivity contribution in [3.05, 3.63) is 54.5 Å². The Morgan fingerprint density at radius 2 is 2.00 bits per heavy atom. The number of rotatable bonds is 3. The Labute approximate surface area is 122 Å². The zero-order valence-corrected chi connectivity index (χ0v) is 11.6. The quantitative estimate of drug-likeness (QED) is 0.749. The maximum absolute atomic E-state index is 11.8. The second-order valence-corrected chi connectivity index (χ2v) is 4.57. The van der Waals surface area contributed by atoms with Crippen molar-refractivity contribution >= 4 is 22.6 Å². The van der Waals surface area contributed by atoms with Gasteiger partial charge in [-0.25, -0.2) is 9.78 Å². The Hall–Kier alpha value is -2.82. The number of nitrogens with two attached hydrogens (primary N) is 1. The number of benzene rings is 2. The second kappa shape index (κ2) is 5.28. The first-order valence-electron chi connectivity index (χ1n) is 6.70. The molecule has 2 aromatic carbocycles. The molecule has 0 saturated carbocycles. The zero-order valence-electron chi connectivity index (χ0n) is 11.6. The van der Waals surface area contributed by atoms with E-state index in [1.54, 1.807) is 17.8 Å². The third-order valence-electron chi connectivity index (χ3n) is 3.30. The molecule has 0 aliphatic carbocycles. The highest BCUT2D eigenvalue weighted by Gasteiger charge is 2.18. The number of esters is 1. The molecule has 5 heteroatoms. The zero-order chi connectivity index (χ0) is 14.8. The molecule has 0 amide bonds. The lowest BCUT2D eigenvalue weighted by molar-refractivity contribution is 0.0521. The molecule has 2 N–H and O–H groups in total. The van der Waals surface area contributed by atoms with Gasteiger partial charge in [0, 0.05) is 5.39 Å². The number of carbonyl (C=O) groups excluding carboxylic acids is 1. The smallest absolute Gasteiger partial charge is 0.360 e. The second-order valence-electron chi connectivity index (χ2n) is 4.57. The fraction of sp³-hybridized carbons (Fsp3) is 0.125. The molecule has 0 fully saturated rings. The number of fused-ring (bicyclic) bond motifs is 1. The number of aromatic nitrogens is 2. The number of carbonyl (C=O) groups is 1. The highest BCUT2D eigenvalue weighted by molar-refractivity contribution is 5.94. The Morgan fingerprint density at radius 1 is 1.24 bits per heavy atom. The first kappa shape index (κ1) is 13.2. The van der Waals surface area contributed by atoms with Crippen molar-refractivity contribution in [2.45, 2.75) is 6.92 Å². The third kappa shape index (κ3) is 2.23. The molecular formula is C16H15N3O2. The van der Waals surface area contributed by atoms with Crippen molar-refractivity contribution in [2.75, 3.05) is 12.3 Å². The average molecular weight is 281 g/mol. The van der Waals surface area contributed by atoms with Crippen molar-refractivity contribution in [1.29, 1.82) is 0 Å². The number of nitrogen functional groups attached to an aromatic ring is 1. The van der Waals surface area contributed by atoms with E-state index in [-0.39, 0.29) is 11.5 Å². The molecule has 0 spiro atoms.